The molecule has 0 radical (unpaired) electrons. The van der Waals surface area contributed by atoms with Crippen molar-refractivity contribution in [1.29, 1.82) is 0 Å². The van der Waals surface area contributed by atoms with Crippen molar-refractivity contribution in [3.63, 3.8) is 0 Å². The van der Waals surface area contributed by atoms with E-state index in [4.69, 9.17) is 4.98 Å². The highest BCUT2D eigenvalue weighted by molar-refractivity contribution is 7.03. The van der Waals surface area contributed by atoms with Crippen molar-refractivity contribution in [3.8, 4) is 16.9 Å². The van der Waals surface area contributed by atoms with Crippen LogP contribution in [0.2, 0.25) is 13.1 Å². The van der Waals surface area contributed by atoms with Gasteiger partial charge in [0.15, 0.2) is 0 Å². The standard InChI is InChI=1S/C29H22N2Si/c1-32(2)25-17-9-16-24-28(25)27-21(29-26(32)18-19-10-6-7-14-22(19)30-29)13-8-15-23(27)31(24)20-11-4-3-5-12-20/h3-18H,1-2H3. The Bertz CT molecular complexity index is 1690. The lowest BCUT2D eigenvalue weighted by Gasteiger charge is -2.26. The molecule has 0 saturated carbocycles. The third kappa shape index (κ3) is 2.21. The Morgan fingerprint density at radius 3 is 2.22 bits per heavy atom. The van der Waals surface area contributed by atoms with Gasteiger partial charge in [-0.1, -0.05) is 79.8 Å². The average molecular weight is 427 g/mol. The van der Waals surface area contributed by atoms with E-state index in [1.165, 1.54) is 48.8 Å². The average Bonchev–Trinajstić information content (AvgIpc) is 3.14. The van der Waals surface area contributed by atoms with E-state index in [0.717, 1.165) is 11.2 Å². The van der Waals surface area contributed by atoms with Gasteiger partial charge in [-0.3, -0.25) is 0 Å². The Morgan fingerprint density at radius 2 is 1.38 bits per heavy atom. The van der Waals surface area contributed by atoms with E-state index < -0.39 is 8.07 Å². The molecule has 32 heavy (non-hydrogen) atoms. The fraction of sp³-hybridized carbons (Fsp3) is 0.0690. The third-order valence-electron chi connectivity index (χ3n) is 7.16. The van der Waals surface area contributed by atoms with E-state index in [1.807, 2.05) is 0 Å². The Hall–Kier alpha value is -3.69. The van der Waals surface area contributed by atoms with Gasteiger partial charge in [0, 0.05) is 27.4 Å². The highest BCUT2D eigenvalue weighted by Gasteiger charge is 2.36. The molecule has 0 spiro atoms. The Kier molecular flexibility index (Phi) is 3.46. The quantitative estimate of drug-likeness (QED) is 0.289. The number of pyridine rings is 1. The smallest absolute Gasteiger partial charge is 0.116 e. The SMILES string of the molecule is C[Si]1(C)c2cc3ccccc3nc2-c2cccc3c2c2c1cccc2n3-c1ccccc1. The van der Waals surface area contributed by atoms with Crippen LogP contribution < -0.4 is 10.4 Å². The van der Waals surface area contributed by atoms with Crippen LogP contribution >= 0.6 is 0 Å². The molecule has 6 aromatic rings. The number of hydrogen-bond donors (Lipinski definition) is 0. The molecular formula is C29H22N2Si. The zero-order valence-electron chi connectivity index (χ0n) is 18.1. The lowest BCUT2D eigenvalue weighted by molar-refractivity contribution is 1.18. The predicted octanol–water partition coefficient (Wildman–Crippen LogP) is 6.13. The fourth-order valence-corrected chi connectivity index (χ4v) is 8.60. The van der Waals surface area contributed by atoms with Gasteiger partial charge in [0.25, 0.3) is 0 Å². The van der Waals surface area contributed by atoms with Crippen molar-refractivity contribution in [2.75, 3.05) is 0 Å². The summed E-state index contributed by atoms with van der Waals surface area (Å²) >= 11 is 0. The van der Waals surface area contributed by atoms with Gasteiger partial charge in [-0.15, -0.1) is 0 Å². The van der Waals surface area contributed by atoms with E-state index in [1.54, 1.807) is 0 Å². The zero-order valence-corrected chi connectivity index (χ0v) is 19.1. The van der Waals surface area contributed by atoms with Crippen molar-refractivity contribution in [1.82, 2.24) is 9.55 Å². The maximum Gasteiger partial charge on any atom is 0.116 e. The molecule has 1 aliphatic rings. The maximum absolute atomic E-state index is 5.27. The maximum atomic E-state index is 5.27. The molecule has 7 rings (SSSR count). The second-order valence-corrected chi connectivity index (χ2v) is 13.6. The van der Waals surface area contributed by atoms with Crippen LogP contribution in [0.3, 0.4) is 0 Å². The third-order valence-corrected chi connectivity index (χ3v) is 10.6. The van der Waals surface area contributed by atoms with E-state index in [-0.39, 0.29) is 0 Å². The molecule has 0 unspecified atom stereocenters. The molecule has 0 aliphatic carbocycles. The molecule has 2 aromatic heterocycles. The summed E-state index contributed by atoms with van der Waals surface area (Å²) in [6.45, 7) is 4.96. The minimum atomic E-state index is -2.01. The second kappa shape index (κ2) is 6.18. The Morgan fingerprint density at radius 1 is 0.656 bits per heavy atom. The van der Waals surface area contributed by atoms with Gasteiger partial charge < -0.3 is 4.57 Å². The van der Waals surface area contributed by atoms with Gasteiger partial charge in [0.2, 0.25) is 0 Å². The van der Waals surface area contributed by atoms with Crippen LogP contribution in [0.1, 0.15) is 0 Å². The van der Waals surface area contributed by atoms with Crippen LogP contribution in [0.15, 0.2) is 97.1 Å². The molecule has 0 saturated heterocycles. The minimum absolute atomic E-state index is 1.07. The van der Waals surface area contributed by atoms with Crippen LogP contribution in [0.4, 0.5) is 0 Å². The van der Waals surface area contributed by atoms with Crippen LogP contribution in [-0.4, -0.2) is 17.6 Å². The summed E-state index contributed by atoms with van der Waals surface area (Å²) < 4.78 is 2.42. The van der Waals surface area contributed by atoms with Crippen molar-refractivity contribution >= 4 is 51.2 Å². The van der Waals surface area contributed by atoms with Gasteiger partial charge in [0.1, 0.15) is 8.07 Å². The molecular weight excluding hydrogens is 404 g/mol. The Labute approximate surface area is 187 Å². The monoisotopic (exact) mass is 426 g/mol. The molecule has 1 aliphatic heterocycles. The topological polar surface area (TPSA) is 17.8 Å². The van der Waals surface area contributed by atoms with Crippen LogP contribution in [0, 0.1) is 0 Å². The number of benzene rings is 4. The van der Waals surface area contributed by atoms with Crippen molar-refractivity contribution in [2.24, 2.45) is 0 Å². The summed E-state index contributed by atoms with van der Waals surface area (Å²) in [5.74, 6) is 0. The number of rotatable bonds is 1. The summed E-state index contributed by atoms with van der Waals surface area (Å²) in [4.78, 5) is 5.27. The molecule has 4 aromatic carbocycles. The van der Waals surface area contributed by atoms with Crippen molar-refractivity contribution in [2.45, 2.75) is 13.1 Å². The van der Waals surface area contributed by atoms with Crippen molar-refractivity contribution in [3.05, 3.63) is 97.1 Å². The number of fused-ring (bicyclic) bond motifs is 3. The van der Waals surface area contributed by atoms with Crippen molar-refractivity contribution < 1.29 is 0 Å². The first kappa shape index (κ1) is 17.9. The molecule has 2 nitrogen and oxygen atoms in total. The molecule has 0 bridgehead atoms. The summed E-state index contributed by atoms with van der Waals surface area (Å²) in [6, 6.07) is 35.3. The van der Waals surface area contributed by atoms with Crippen LogP contribution in [-0.2, 0) is 0 Å². The summed E-state index contributed by atoms with van der Waals surface area (Å²) in [5.41, 5.74) is 7.23. The van der Waals surface area contributed by atoms with Gasteiger partial charge >= 0.3 is 0 Å². The first-order valence-corrected chi connectivity index (χ1v) is 14.2. The van der Waals surface area contributed by atoms with E-state index in [9.17, 15) is 0 Å². The molecule has 0 N–H and O–H groups in total. The van der Waals surface area contributed by atoms with Gasteiger partial charge in [-0.2, -0.15) is 0 Å². The summed E-state index contributed by atoms with van der Waals surface area (Å²) in [7, 11) is -2.01. The summed E-state index contributed by atoms with van der Waals surface area (Å²) in [5, 5.41) is 6.90. The second-order valence-electron chi connectivity index (χ2n) is 9.27. The largest absolute Gasteiger partial charge is 0.309 e. The Balaban J connectivity index is 1.74. The normalized spacial score (nSPS) is 14.2. The van der Waals surface area contributed by atoms with E-state index >= 15 is 0 Å². The van der Waals surface area contributed by atoms with Crippen LogP contribution in [0.25, 0.3) is 49.7 Å². The minimum Gasteiger partial charge on any atom is -0.309 e. The fourth-order valence-electron chi connectivity index (χ4n) is 5.62. The summed E-state index contributed by atoms with van der Waals surface area (Å²) in [6.07, 6.45) is 0. The first-order chi connectivity index (χ1) is 15.6. The predicted molar refractivity (Wildman–Crippen MR) is 138 cm³/mol. The molecule has 0 atom stereocenters. The van der Waals surface area contributed by atoms with Gasteiger partial charge in [-0.25, -0.2) is 4.98 Å². The number of nitrogens with zero attached hydrogens (tertiary/aromatic N) is 2. The van der Waals surface area contributed by atoms with E-state index in [2.05, 4.69) is 115 Å². The number of para-hydroxylation sites is 2. The lowest BCUT2D eigenvalue weighted by Crippen LogP contribution is -2.53. The van der Waals surface area contributed by atoms with E-state index in [0.29, 0.717) is 0 Å². The molecule has 0 fully saturated rings. The van der Waals surface area contributed by atoms with Crippen LogP contribution in [0.5, 0.6) is 0 Å². The highest BCUT2D eigenvalue weighted by atomic mass is 28.3. The molecule has 3 heterocycles. The van der Waals surface area contributed by atoms with Gasteiger partial charge in [0.05, 0.1) is 22.2 Å². The first-order valence-electron chi connectivity index (χ1n) is 11.2. The lowest BCUT2D eigenvalue weighted by atomic mass is 10.0. The molecule has 3 heteroatoms. The highest BCUT2D eigenvalue weighted by Crippen LogP contribution is 2.40. The van der Waals surface area contributed by atoms with Gasteiger partial charge in [-0.05, 0) is 40.7 Å². The molecule has 0 amide bonds. The molecule has 152 valence electrons. The zero-order chi connectivity index (χ0) is 21.4. The number of aromatic nitrogens is 2. The number of hydrogen-bond acceptors (Lipinski definition) is 1.